The Balaban J connectivity index is 1.67. The Morgan fingerprint density at radius 2 is 2.00 bits per heavy atom. The van der Waals surface area contributed by atoms with Crippen molar-refractivity contribution in [3.8, 4) is 11.4 Å². The highest BCUT2D eigenvalue weighted by Crippen LogP contribution is 2.18. The van der Waals surface area contributed by atoms with Crippen LogP contribution in [0, 0.1) is 5.82 Å². The molecule has 0 spiro atoms. The second-order valence-corrected chi connectivity index (χ2v) is 5.54. The lowest BCUT2D eigenvalue weighted by Crippen LogP contribution is -2.23. The first-order chi connectivity index (χ1) is 11.1. The minimum absolute atomic E-state index is 0.0858. The molecule has 1 amide bonds. The maximum Gasteiger partial charge on any atom is 0.252 e. The van der Waals surface area contributed by atoms with E-state index in [1.54, 1.807) is 0 Å². The summed E-state index contributed by atoms with van der Waals surface area (Å²) >= 11 is 3.16. The van der Waals surface area contributed by atoms with E-state index in [4.69, 9.17) is 4.52 Å². The molecule has 0 aliphatic rings. The molecule has 0 atom stereocenters. The minimum atomic E-state index is -0.419. The van der Waals surface area contributed by atoms with Crippen molar-refractivity contribution in [1.29, 1.82) is 0 Å². The first-order valence-electron chi connectivity index (χ1n) is 6.75. The molecule has 0 aliphatic heterocycles. The van der Waals surface area contributed by atoms with Gasteiger partial charge >= 0.3 is 0 Å². The zero-order valence-corrected chi connectivity index (χ0v) is 13.4. The molecule has 2 aromatic carbocycles. The van der Waals surface area contributed by atoms with Gasteiger partial charge in [0.15, 0.2) is 0 Å². The standard InChI is InChI=1S/C16H11BrFN3O2/c17-13-8-11(18)6-7-12(13)16(22)19-9-14-20-15(21-23-14)10-4-2-1-3-5-10/h1-8H,9H2,(H,19,22). The third-order valence-electron chi connectivity index (χ3n) is 3.08. The van der Waals surface area contributed by atoms with Gasteiger partial charge in [0, 0.05) is 10.0 Å². The molecule has 0 aliphatic carbocycles. The zero-order chi connectivity index (χ0) is 16.2. The SMILES string of the molecule is O=C(NCc1nc(-c2ccccc2)no1)c1ccc(F)cc1Br. The molecule has 0 fully saturated rings. The van der Waals surface area contributed by atoms with Gasteiger partial charge in [-0.25, -0.2) is 4.39 Å². The molecule has 0 radical (unpaired) electrons. The molecule has 23 heavy (non-hydrogen) atoms. The zero-order valence-electron chi connectivity index (χ0n) is 11.8. The van der Waals surface area contributed by atoms with Crippen molar-refractivity contribution in [1.82, 2.24) is 15.5 Å². The Morgan fingerprint density at radius 3 is 2.74 bits per heavy atom. The Hall–Kier alpha value is -2.54. The Labute approximate surface area is 139 Å². The number of carbonyl (C=O) groups excluding carboxylic acids is 1. The van der Waals surface area contributed by atoms with Crippen LogP contribution in [0.15, 0.2) is 57.5 Å². The first kappa shape index (κ1) is 15.4. The normalized spacial score (nSPS) is 10.5. The molecule has 3 rings (SSSR count). The highest BCUT2D eigenvalue weighted by atomic mass is 79.9. The third kappa shape index (κ3) is 3.62. The summed E-state index contributed by atoms with van der Waals surface area (Å²) in [5.41, 5.74) is 1.16. The predicted octanol–water partition coefficient (Wildman–Crippen LogP) is 3.57. The van der Waals surface area contributed by atoms with E-state index >= 15 is 0 Å². The number of hydrogen-bond acceptors (Lipinski definition) is 4. The largest absolute Gasteiger partial charge is 0.343 e. The fourth-order valence-corrected chi connectivity index (χ4v) is 2.49. The van der Waals surface area contributed by atoms with Crippen molar-refractivity contribution in [3.05, 3.63) is 70.3 Å². The molecule has 0 unspecified atom stereocenters. The van der Waals surface area contributed by atoms with Crippen molar-refractivity contribution < 1.29 is 13.7 Å². The van der Waals surface area contributed by atoms with Crippen molar-refractivity contribution in [2.75, 3.05) is 0 Å². The van der Waals surface area contributed by atoms with Crippen LogP contribution in [0.2, 0.25) is 0 Å². The van der Waals surface area contributed by atoms with Crippen LogP contribution >= 0.6 is 15.9 Å². The summed E-state index contributed by atoms with van der Waals surface area (Å²) in [5, 5.41) is 6.52. The van der Waals surface area contributed by atoms with Crippen LogP contribution in [0.25, 0.3) is 11.4 Å². The van der Waals surface area contributed by atoms with Crippen LogP contribution < -0.4 is 5.32 Å². The molecule has 3 aromatic rings. The number of halogens is 2. The average Bonchev–Trinajstić information content (AvgIpc) is 3.02. The Morgan fingerprint density at radius 1 is 1.22 bits per heavy atom. The first-order valence-corrected chi connectivity index (χ1v) is 7.54. The molecular weight excluding hydrogens is 365 g/mol. The van der Waals surface area contributed by atoms with Gasteiger partial charge in [0.2, 0.25) is 11.7 Å². The van der Waals surface area contributed by atoms with Gasteiger partial charge in [-0.2, -0.15) is 4.98 Å². The smallest absolute Gasteiger partial charge is 0.252 e. The van der Waals surface area contributed by atoms with Crippen LogP contribution in [0.4, 0.5) is 4.39 Å². The molecular formula is C16H11BrFN3O2. The summed E-state index contributed by atoms with van der Waals surface area (Å²) in [4.78, 5) is 16.3. The number of nitrogens with zero attached hydrogens (tertiary/aromatic N) is 2. The van der Waals surface area contributed by atoms with Gasteiger partial charge in [0.05, 0.1) is 12.1 Å². The van der Waals surface area contributed by atoms with Crippen LogP contribution in [-0.4, -0.2) is 16.0 Å². The second kappa shape index (κ2) is 6.70. The molecule has 1 N–H and O–H groups in total. The molecule has 5 nitrogen and oxygen atoms in total. The maximum absolute atomic E-state index is 13.0. The van der Waals surface area contributed by atoms with E-state index in [1.807, 2.05) is 30.3 Å². The van der Waals surface area contributed by atoms with Gasteiger partial charge < -0.3 is 9.84 Å². The Kier molecular flexibility index (Phi) is 4.47. The van der Waals surface area contributed by atoms with Gasteiger partial charge in [-0.1, -0.05) is 35.5 Å². The van der Waals surface area contributed by atoms with Crippen molar-refractivity contribution in [3.63, 3.8) is 0 Å². The molecule has 0 saturated carbocycles. The van der Waals surface area contributed by atoms with E-state index < -0.39 is 5.82 Å². The fraction of sp³-hybridized carbons (Fsp3) is 0.0625. The average molecular weight is 376 g/mol. The van der Waals surface area contributed by atoms with Crippen LogP contribution in [0.5, 0.6) is 0 Å². The van der Waals surface area contributed by atoms with Crippen LogP contribution in [-0.2, 0) is 6.54 Å². The number of nitrogens with one attached hydrogen (secondary N) is 1. The molecule has 0 saturated heterocycles. The van der Waals surface area contributed by atoms with E-state index in [9.17, 15) is 9.18 Å². The summed E-state index contributed by atoms with van der Waals surface area (Å²) < 4.78 is 18.5. The lowest BCUT2D eigenvalue weighted by molar-refractivity contribution is 0.0945. The van der Waals surface area contributed by atoms with E-state index in [0.29, 0.717) is 15.9 Å². The maximum atomic E-state index is 13.0. The Bertz CT molecular complexity index is 836. The predicted molar refractivity (Wildman–Crippen MR) is 85.0 cm³/mol. The molecule has 7 heteroatoms. The van der Waals surface area contributed by atoms with Crippen LogP contribution in [0.3, 0.4) is 0 Å². The second-order valence-electron chi connectivity index (χ2n) is 4.68. The minimum Gasteiger partial charge on any atom is -0.343 e. The summed E-state index contributed by atoms with van der Waals surface area (Å²) in [6.45, 7) is 0.0858. The number of aromatic nitrogens is 2. The van der Waals surface area contributed by atoms with Gasteiger partial charge in [-0.15, -0.1) is 0 Å². The van der Waals surface area contributed by atoms with E-state index in [0.717, 1.165) is 5.56 Å². The van der Waals surface area contributed by atoms with Gasteiger partial charge in [0.1, 0.15) is 5.82 Å². The topological polar surface area (TPSA) is 68.0 Å². The summed E-state index contributed by atoms with van der Waals surface area (Å²) in [6.07, 6.45) is 0. The number of rotatable bonds is 4. The molecule has 116 valence electrons. The van der Waals surface area contributed by atoms with E-state index in [-0.39, 0.29) is 18.3 Å². The van der Waals surface area contributed by atoms with Gasteiger partial charge in [-0.3, -0.25) is 4.79 Å². The third-order valence-corrected chi connectivity index (χ3v) is 3.73. The lowest BCUT2D eigenvalue weighted by atomic mass is 10.2. The van der Waals surface area contributed by atoms with Crippen molar-refractivity contribution in [2.45, 2.75) is 6.54 Å². The van der Waals surface area contributed by atoms with E-state index in [1.165, 1.54) is 18.2 Å². The number of amides is 1. The summed E-state index contributed by atoms with van der Waals surface area (Å²) in [7, 11) is 0. The number of carbonyl (C=O) groups is 1. The number of benzene rings is 2. The van der Waals surface area contributed by atoms with Gasteiger partial charge in [-0.05, 0) is 34.1 Å². The van der Waals surface area contributed by atoms with Crippen molar-refractivity contribution in [2.24, 2.45) is 0 Å². The molecule has 0 bridgehead atoms. The lowest BCUT2D eigenvalue weighted by Gasteiger charge is -2.04. The van der Waals surface area contributed by atoms with E-state index in [2.05, 4.69) is 31.4 Å². The molecule has 1 heterocycles. The quantitative estimate of drug-likeness (QED) is 0.756. The molecule has 1 aromatic heterocycles. The van der Waals surface area contributed by atoms with Crippen molar-refractivity contribution >= 4 is 21.8 Å². The number of hydrogen-bond donors (Lipinski definition) is 1. The van der Waals surface area contributed by atoms with Gasteiger partial charge in [0.25, 0.3) is 5.91 Å². The highest BCUT2D eigenvalue weighted by molar-refractivity contribution is 9.10. The summed E-state index contributed by atoms with van der Waals surface area (Å²) in [5.74, 6) is -0.0394. The highest BCUT2D eigenvalue weighted by Gasteiger charge is 2.13. The monoisotopic (exact) mass is 375 g/mol. The van der Waals surface area contributed by atoms with Crippen LogP contribution in [0.1, 0.15) is 16.2 Å². The summed E-state index contributed by atoms with van der Waals surface area (Å²) in [6, 6.07) is 13.2. The fourth-order valence-electron chi connectivity index (χ4n) is 1.96.